The fraction of sp³-hybridized carbons (Fsp3) is 0.562. The van der Waals surface area contributed by atoms with Crippen LogP contribution < -0.4 is 10.6 Å². The third-order valence-corrected chi connectivity index (χ3v) is 4.27. The summed E-state index contributed by atoms with van der Waals surface area (Å²) in [7, 11) is 0. The maximum absolute atomic E-state index is 12.3. The van der Waals surface area contributed by atoms with Gasteiger partial charge in [-0.2, -0.15) is 0 Å². The predicted octanol–water partition coefficient (Wildman–Crippen LogP) is 3.02. The lowest BCUT2D eigenvalue weighted by molar-refractivity contribution is -0.119. The molecule has 104 valence electrons. The highest BCUT2D eigenvalue weighted by Crippen LogP contribution is 2.22. The Kier molecular flexibility index (Phi) is 4.59. The molecule has 1 heterocycles. The number of hydrogen-bond donors (Lipinski definition) is 2. The molecule has 3 heteroatoms. The van der Waals surface area contributed by atoms with Gasteiger partial charge >= 0.3 is 0 Å². The number of anilines is 1. The zero-order chi connectivity index (χ0) is 13.8. The molecule has 0 aromatic heterocycles. The number of amides is 1. The van der Waals surface area contributed by atoms with Crippen molar-refractivity contribution in [3.63, 3.8) is 0 Å². The van der Waals surface area contributed by atoms with E-state index in [0.717, 1.165) is 30.6 Å². The van der Waals surface area contributed by atoms with E-state index < -0.39 is 0 Å². The molecule has 2 atom stereocenters. The summed E-state index contributed by atoms with van der Waals surface area (Å²) in [6.07, 6.45) is 3.30. The van der Waals surface area contributed by atoms with Crippen LogP contribution in [0.5, 0.6) is 0 Å². The van der Waals surface area contributed by atoms with Crippen LogP contribution in [0.2, 0.25) is 0 Å². The summed E-state index contributed by atoms with van der Waals surface area (Å²) in [6.45, 7) is 7.27. The van der Waals surface area contributed by atoms with Crippen LogP contribution in [0.15, 0.2) is 18.2 Å². The number of aryl methyl sites for hydroxylation is 1. The van der Waals surface area contributed by atoms with E-state index in [1.165, 1.54) is 12.0 Å². The van der Waals surface area contributed by atoms with Gasteiger partial charge in [0.25, 0.3) is 0 Å². The summed E-state index contributed by atoms with van der Waals surface area (Å²) in [5.41, 5.74) is 3.30. The Morgan fingerprint density at radius 1 is 1.42 bits per heavy atom. The molecule has 0 aliphatic carbocycles. The molecule has 2 N–H and O–H groups in total. The molecule has 0 saturated carbocycles. The lowest BCUT2D eigenvalue weighted by Crippen LogP contribution is -2.46. The van der Waals surface area contributed by atoms with Gasteiger partial charge in [0.1, 0.15) is 0 Å². The Hall–Kier alpha value is -1.35. The molecule has 2 unspecified atom stereocenters. The minimum atomic E-state index is -0.0430. The van der Waals surface area contributed by atoms with Crippen molar-refractivity contribution in [2.75, 3.05) is 11.9 Å². The first-order valence-corrected chi connectivity index (χ1v) is 7.22. The SMILES string of the molecule is CCC1CCNC(C(=O)Nc2cccc(C)c2C)C1. The van der Waals surface area contributed by atoms with Crippen LogP contribution in [0.1, 0.15) is 37.3 Å². The molecule has 19 heavy (non-hydrogen) atoms. The molecule has 1 aromatic rings. The van der Waals surface area contributed by atoms with Gasteiger partial charge in [-0.15, -0.1) is 0 Å². The average molecular weight is 260 g/mol. The Morgan fingerprint density at radius 3 is 2.95 bits per heavy atom. The average Bonchev–Trinajstić information content (AvgIpc) is 2.44. The Bertz CT molecular complexity index is 456. The molecular formula is C16H24N2O. The number of carbonyl (C=O) groups excluding carboxylic acids is 1. The van der Waals surface area contributed by atoms with Crippen molar-refractivity contribution >= 4 is 11.6 Å². The molecule has 1 fully saturated rings. The lowest BCUT2D eigenvalue weighted by Gasteiger charge is -2.29. The predicted molar refractivity (Wildman–Crippen MR) is 79.4 cm³/mol. The first kappa shape index (κ1) is 14.1. The van der Waals surface area contributed by atoms with E-state index in [-0.39, 0.29) is 11.9 Å². The molecule has 2 rings (SSSR count). The smallest absolute Gasteiger partial charge is 0.241 e. The number of rotatable bonds is 3. The van der Waals surface area contributed by atoms with E-state index in [9.17, 15) is 4.79 Å². The first-order valence-electron chi connectivity index (χ1n) is 7.22. The lowest BCUT2D eigenvalue weighted by atomic mass is 9.90. The molecule has 0 bridgehead atoms. The normalized spacial score (nSPS) is 23.1. The van der Waals surface area contributed by atoms with Gasteiger partial charge in [-0.25, -0.2) is 0 Å². The first-order chi connectivity index (χ1) is 9.11. The van der Waals surface area contributed by atoms with Crippen LogP contribution in [-0.2, 0) is 4.79 Å². The van der Waals surface area contributed by atoms with Gasteiger partial charge in [-0.05, 0) is 56.3 Å². The quantitative estimate of drug-likeness (QED) is 0.877. The maximum Gasteiger partial charge on any atom is 0.241 e. The molecule has 1 aliphatic rings. The maximum atomic E-state index is 12.3. The molecule has 3 nitrogen and oxygen atoms in total. The second kappa shape index (κ2) is 6.20. The molecule has 1 aliphatic heterocycles. The molecule has 1 saturated heterocycles. The topological polar surface area (TPSA) is 41.1 Å². The van der Waals surface area contributed by atoms with Gasteiger partial charge in [0, 0.05) is 5.69 Å². The molecule has 0 spiro atoms. The van der Waals surface area contributed by atoms with Crippen molar-refractivity contribution in [3.05, 3.63) is 29.3 Å². The highest BCUT2D eigenvalue weighted by Gasteiger charge is 2.26. The molecule has 1 amide bonds. The van der Waals surface area contributed by atoms with Crippen LogP contribution in [0, 0.1) is 19.8 Å². The Morgan fingerprint density at radius 2 is 2.21 bits per heavy atom. The van der Waals surface area contributed by atoms with E-state index >= 15 is 0 Å². The number of benzene rings is 1. The number of piperidine rings is 1. The van der Waals surface area contributed by atoms with E-state index in [1.54, 1.807) is 0 Å². The van der Waals surface area contributed by atoms with E-state index in [1.807, 2.05) is 19.1 Å². The van der Waals surface area contributed by atoms with Gasteiger partial charge in [-0.3, -0.25) is 4.79 Å². The van der Waals surface area contributed by atoms with Crippen molar-refractivity contribution in [1.82, 2.24) is 5.32 Å². The second-order valence-corrected chi connectivity index (χ2v) is 5.54. The van der Waals surface area contributed by atoms with E-state index in [2.05, 4.69) is 30.5 Å². The summed E-state index contributed by atoms with van der Waals surface area (Å²) >= 11 is 0. The molecule has 0 radical (unpaired) electrons. The fourth-order valence-electron chi connectivity index (χ4n) is 2.67. The standard InChI is InChI=1S/C16H24N2O/c1-4-13-8-9-17-15(10-13)16(19)18-14-7-5-6-11(2)12(14)3/h5-7,13,15,17H,4,8-10H2,1-3H3,(H,18,19). The number of nitrogens with one attached hydrogen (secondary N) is 2. The third kappa shape index (κ3) is 3.35. The van der Waals surface area contributed by atoms with Gasteiger partial charge < -0.3 is 10.6 Å². The van der Waals surface area contributed by atoms with Gasteiger partial charge in [-0.1, -0.05) is 25.5 Å². The van der Waals surface area contributed by atoms with Crippen LogP contribution in [0.3, 0.4) is 0 Å². The molecular weight excluding hydrogens is 236 g/mol. The number of carbonyl (C=O) groups is 1. The summed E-state index contributed by atoms with van der Waals surface area (Å²) in [5, 5.41) is 6.39. The summed E-state index contributed by atoms with van der Waals surface area (Å²) < 4.78 is 0. The minimum absolute atomic E-state index is 0.0430. The third-order valence-electron chi connectivity index (χ3n) is 4.27. The zero-order valence-corrected chi connectivity index (χ0v) is 12.1. The summed E-state index contributed by atoms with van der Waals surface area (Å²) in [6, 6.07) is 5.98. The van der Waals surface area contributed by atoms with Crippen molar-refractivity contribution < 1.29 is 4.79 Å². The van der Waals surface area contributed by atoms with Crippen molar-refractivity contribution in [2.45, 2.75) is 46.1 Å². The van der Waals surface area contributed by atoms with Crippen LogP contribution >= 0.6 is 0 Å². The second-order valence-electron chi connectivity index (χ2n) is 5.54. The monoisotopic (exact) mass is 260 g/mol. The highest BCUT2D eigenvalue weighted by atomic mass is 16.2. The fourth-order valence-corrected chi connectivity index (χ4v) is 2.67. The van der Waals surface area contributed by atoms with E-state index in [0.29, 0.717) is 5.92 Å². The van der Waals surface area contributed by atoms with Crippen LogP contribution in [0.4, 0.5) is 5.69 Å². The van der Waals surface area contributed by atoms with Crippen LogP contribution in [0.25, 0.3) is 0 Å². The molecule has 1 aromatic carbocycles. The van der Waals surface area contributed by atoms with Crippen molar-refractivity contribution in [3.8, 4) is 0 Å². The number of hydrogen-bond acceptors (Lipinski definition) is 2. The largest absolute Gasteiger partial charge is 0.324 e. The van der Waals surface area contributed by atoms with Gasteiger partial charge in [0.05, 0.1) is 6.04 Å². The van der Waals surface area contributed by atoms with Crippen LogP contribution in [-0.4, -0.2) is 18.5 Å². The van der Waals surface area contributed by atoms with Crippen molar-refractivity contribution in [1.29, 1.82) is 0 Å². The zero-order valence-electron chi connectivity index (χ0n) is 12.1. The summed E-state index contributed by atoms with van der Waals surface area (Å²) in [4.78, 5) is 12.3. The minimum Gasteiger partial charge on any atom is -0.324 e. The Balaban J connectivity index is 2.02. The van der Waals surface area contributed by atoms with Gasteiger partial charge in [0.15, 0.2) is 0 Å². The van der Waals surface area contributed by atoms with E-state index in [4.69, 9.17) is 0 Å². The van der Waals surface area contributed by atoms with Crippen molar-refractivity contribution in [2.24, 2.45) is 5.92 Å². The van der Waals surface area contributed by atoms with Gasteiger partial charge in [0.2, 0.25) is 5.91 Å². The highest BCUT2D eigenvalue weighted by molar-refractivity contribution is 5.95. The Labute approximate surface area is 115 Å². The summed E-state index contributed by atoms with van der Waals surface area (Å²) in [5.74, 6) is 0.780.